The number of likely N-dealkylation sites (tertiary alicyclic amines) is 1. The van der Waals surface area contributed by atoms with Crippen molar-refractivity contribution in [3.05, 3.63) is 53.2 Å². The van der Waals surface area contributed by atoms with Gasteiger partial charge in [-0.1, -0.05) is 17.3 Å². The normalized spacial score (nSPS) is 22.2. The Kier molecular flexibility index (Phi) is 10.8. The van der Waals surface area contributed by atoms with Crippen LogP contribution in [0.4, 0.5) is 4.39 Å². The molecule has 4 rings (SSSR count). The Morgan fingerprint density at radius 1 is 1.00 bits per heavy atom. The van der Waals surface area contributed by atoms with Gasteiger partial charge in [0.15, 0.2) is 5.69 Å². The van der Waals surface area contributed by atoms with Crippen LogP contribution < -0.4 is 16.0 Å². The molecule has 2 aliphatic heterocycles. The molecule has 13 nitrogen and oxygen atoms in total. The lowest BCUT2D eigenvalue weighted by Gasteiger charge is -2.32. The van der Waals surface area contributed by atoms with Gasteiger partial charge in [0.05, 0.1) is 6.04 Å². The number of benzene rings is 1. The number of carbonyl (C=O) groups excluding carboxylic acids is 6. The molecule has 2 aliphatic rings. The number of hydrogen-bond acceptors (Lipinski definition) is 8. The highest BCUT2D eigenvalue weighted by Gasteiger charge is 2.36. The number of hydrogen-bond donors (Lipinski definition) is 3. The molecule has 0 aliphatic carbocycles. The standard InChI is InChI=1S/C30H37FN6O7/c1-18-16-24(35-44-18)29(42)33-22-6-3-4-13-36(2)25(38)12-11-21(26(39)30(43)37-14-5-15-37)32-28(41)23(34-27(22)40)17-19-7-9-20(31)10-8-19/h7-10,16,21-23H,3-6,11-15,17H2,1-2H3,(H,32,41)(H,33,42)(H,34,40). The number of aryl methyl sites for hydroxylation is 1. The van der Waals surface area contributed by atoms with Crippen LogP contribution in [0.1, 0.15) is 60.3 Å². The van der Waals surface area contributed by atoms with Crippen molar-refractivity contribution in [2.75, 3.05) is 26.7 Å². The number of nitrogens with zero attached hydrogens (tertiary/aromatic N) is 3. The topological polar surface area (TPSA) is 171 Å². The number of carbonyl (C=O) groups is 6. The molecule has 0 saturated carbocycles. The van der Waals surface area contributed by atoms with Gasteiger partial charge in [0, 0.05) is 45.6 Å². The highest BCUT2D eigenvalue weighted by atomic mass is 19.1. The highest BCUT2D eigenvalue weighted by Crippen LogP contribution is 2.14. The van der Waals surface area contributed by atoms with E-state index in [0.717, 1.165) is 6.42 Å². The second-order valence-corrected chi connectivity index (χ2v) is 11.2. The number of amides is 5. The first kappa shape index (κ1) is 32.3. The molecule has 0 radical (unpaired) electrons. The molecule has 3 N–H and O–H groups in total. The number of halogens is 1. The van der Waals surface area contributed by atoms with Crippen molar-refractivity contribution in [3.63, 3.8) is 0 Å². The fraction of sp³-hybridized carbons (Fsp3) is 0.500. The lowest BCUT2D eigenvalue weighted by atomic mass is 10.0. The van der Waals surface area contributed by atoms with Gasteiger partial charge in [0.25, 0.3) is 11.8 Å². The minimum atomic E-state index is -1.31. The summed E-state index contributed by atoms with van der Waals surface area (Å²) in [4.78, 5) is 81.9. The summed E-state index contributed by atoms with van der Waals surface area (Å²) in [5.41, 5.74) is 0.491. The molecule has 3 unspecified atom stereocenters. The molecule has 3 atom stereocenters. The van der Waals surface area contributed by atoms with E-state index in [-0.39, 0.29) is 37.3 Å². The Bertz CT molecular complexity index is 1390. The Morgan fingerprint density at radius 3 is 2.36 bits per heavy atom. The summed E-state index contributed by atoms with van der Waals surface area (Å²) < 4.78 is 18.6. The summed E-state index contributed by atoms with van der Waals surface area (Å²) in [7, 11) is 1.61. The SMILES string of the molecule is Cc1cc(C(=O)NC2CCCCN(C)C(=O)CCC(C(=O)C(=O)N3CCC3)NC(=O)C(Cc3ccc(F)cc3)NC2=O)no1. The lowest BCUT2D eigenvalue weighted by molar-refractivity contribution is -0.149. The fourth-order valence-corrected chi connectivity index (χ4v) is 4.96. The van der Waals surface area contributed by atoms with Crippen LogP contribution >= 0.6 is 0 Å². The maximum Gasteiger partial charge on any atom is 0.292 e. The zero-order valence-electron chi connectivity index (χ0n) is 24.8. The summed E-state index contributed by atoms with van der Waals surface area (Å²) >= 11 is 0. The highest BCUT2D eigenvalue weighted by molar-refractivity contribution is 6.38. The Balaban J connectivity index is 1.61. The van der Waals surface area contributed by atoms with Crippen LogP contribution in [-0.4, -0.2) is 95.1 Å². The van der Waals surface area contributed by atoms with Crippen LogP contribution in [0.5, 0.6) is 0 Å². The molecule has 236 valence electrons. The first-order valence-corrected chi connectivity index (χ1v) is 14.7. The first-order valence-electron chi connectivity index (χ1n) is 14.7. The van der Waals surface area contributed by atoms with E-state index >= 15 is 0 Å². The minimum absolute atomic E-state index is 0.0228. The third-order valence-electron chi connectivity index (χ3n) is 7.76. The molecular formula is C30H37FN6O7. The van der Waals surface area contributed by atoms with E-state index in [1.54, 1.807) is 14.0 Å². The van der Waals surface area contributed by atoms with Crippen LogP contribution in [-0.2, 0) is 30.4 Å². The van der Waals surface area contributed by atoms with Crippen LogP contribution in [0.2, 0.25) is 0 Å². The number of aromatic nitrogens is 1. The molecule has 1 aromatic heterocycles. The van der Waals surface area contributed by atoms with Gasteiger partial charge < -0.3 is 30.3 Å². The van der Waals surface area contributed by atoms with E-state index in [9.17, 15) is 33.2 Å². The molecule has 0 spiro atoms. The maximum atomic E-state index is 13.7. The predicted octanol–water partition coefficient (Wildman–Crippen LogP) is 0.657. The average Bonchev–Trinajstić information content (AvgIpc) is 3.41. The summed E-state index contributed by atoms with van der Waals surface area (Å²) in [5, 5.41) is 11.6. The van der Waals surface area contributed by atoms with E-state index in [2.05, 4.69) is 21.1 Å². The summed E-state index contributed by atoms with van der Waals surface area (Å²) in [6.07, 6.45) is 1.63. The van der Waals surface area contributed by atoms with Crippen LogP contribution in [0.15, 0.2) is 34.9 Å². The van der Waals surface area contributed by atoms with Crippen molar-refractivity contribution in [1.29, 1.82) is 0 Å². The monoisotopic (exact) mass is 612 g/mol. The van der Waals surface area contributed by atoms with Crippen LogP contribution in [0.3, 0.4) is 0 Å². The summed E-state index contributed by atoms with van der Waals surface area (Å²) in [6, 6.07) is 3.11. The Labute approximate surface area is 253 Å². The van der Waals surface area contributed by atoms with Crippen molar-refractivity contribution in [1.82, 2.24) is 30.9 Å². The first-order chi connectivity index (χ1) is 21.0. The third kappa shape index (κ3) is 8.48. The Morgan fingerprint density at radius 2 is 1.73 bits per heavy atom. The molecule has 2 aromatic rings. The minimum Gasteiger partial charge on any atom is -0.361 e. The van der Waals surface area contributed by atoms with Gasteiger partial charge >= 0.3 is 0 Å². The van der Waals surface area contributed by atoms with Gasteiger partial charge in [-0.05, 0) is 56.7 Å². The van der Waals surface area contributed by atoms with Gasteiger partial charge in [-0.2, -0.15) is 0 Å². The van der Waals surface area contributed by atoms with E-state index in [4.69, 9.17) is 4.52 Å². The van der Waals surface area contributed by atoms with Crippen LogP contribution in [0.25, 0.3) is 0 Å². The Hall–Kier alpha value is -4.62. The second kappa shape index (κ2) is 14.7. The van der Waals surface area contributed by atoms with Crippen molar-refractivity contribution in [2.24, 2.45) is 0 Å². The zero-order chi connectivity index (χ0) is 31.8. The maximum absolute atomic E-state index is 13.7. The summed E-state index contributed by atoms with van der Waals surface area (Å²) in [5.74, 6) is -4.04. The lowest BCUT2D eigenvalue weighted by Crippen LogP contribution is -2.58. The van der Waals surface area contributed by atoms with Gasteiger partial charge in [0.1, 0.15) is 23.7 Å². The average molecular weight is 613 g/mol. The van der Waals surface area contributed by atoms with Crippen molar-refractivity contribution >= 4 is 35.3 Å². The fourth-order valence-electron chi connectivity index (χ4n) is 4.96. The molecular weight excluding hydrogens is 575 g/mol. The molecule has 5 amide bonds. The number of nitrogens with one attached hydrogen (secondary N) is 3. The largest absolute Gasteiger partial charge is 0.361 e. The van der Waals surface area contributed by atoms with E-state index < -0.39 is 53.4 Å². The van der Waals surface area contributed by atoms with Gasteiger partial charge in [-0.15, -0.1) is 0 Å². The van der Waals surface area contributed by atoms with Crippen molar-refractivity contribution in [2.45, 2.75) is 70.0 Å². The van der Waals surface area contributed by atoms with Gasteiger partial charge in [0.2, 0.25) is 23.5 Å². The molecule has 3 heterocycles. The number of ketones is 1. The second-order valence-electron chi connectivity index (χ2n) is 11.2. The zero-order valence-corrected chi connectivity index (χ0v) is 24.8. The smallest absolute Gasteiger partial charge is 0.292 e. The number of Topliss-reactive ketones (excluding diaryl/α,β-unsaturated/α-hetero) is 1. The van der Waals surface area contributed by atoms with Crippen molar-refractivity contribution in [3.8, 4) is 0 Å². The predicted molar refractivity (Wildman–Crippen MR) is 153 cm³/mol. The molecule has 14 heteroatoms. The van der Waals surface area contributed by atoms with E-state index in [0.29, 0.717) is 43.8 Å². The molecule has 44 heavy (non-hydrogen) atoms. The summed E-state index contributed by atoms with van der Waals surface area (Å²) in [6.45, 7) is 2.83. The number of rotatable bonds is 6. The van der Waals surface area contributed by atoms with Gasteiger partial charge in [-0.3, -0.25) is 28.8 Å². The quantitative estimate of drug-likeness (QED) is 0.400. The third-order valence-corrected chi connectivity index (χ3v) is 7.76. The van der Waals surface area contributed by atoms with E-state index in [1.165, 1.54) is 40.1 Å². The molecule has 2 saturated heterocycles. The molecule has 0 bridgehead atoms. The van der Waals surface area contributed by atoms with Crippen LogP contribution in [0, 0.1) is 12.7 Å². The molecule has 1 aromatic carbocycles. The van der Waals surface area contributed by atoms with E-state index in [1.807, 2.05) is 0 Å². The van der Waals surface area contributed by atoms with Crippen molar-refractivity contribution < 1.29 is 37.7 Å². The molecule has 2 fully saturated rings. The van der Waals surface area contributed by atoms with Gasteiger partial charge in [-0.25, -0.2) is 4.39 Å².